The fourth-order valence-corrected chi connectivity index (χ4v) is 2.69. The van der Waals surface area contributed by atoms with E-state index in [1.54, 1.807) is 12.1 Å². The van der Waals surface area contributed by atoms with Crippen LogP contribution in [0.2, 0.25) is 0 Å². The zero-order valence-corrected chi connectivity index (χ0v) is 10.5. The van der Waals surface area contributed by atoms with Gasteiger partial charge in [0.15, 0.2) is 11.6 Å². The van der Waals surface area contributed by atoms with E-state index in [-0.39, 0.29) is 5.82 Å². The molecule has 94 valence electrons. The van der Waals surface area contributed by atoms with Gasteiger partial charge < -0.3 is 10.1 Å². The lowest BCUT2D eigenvalue weighted by molar-refractivity contribution is 0.352. The van der Waals surface area contributed by atoms with Gasteiger partial charge in [-0.1, -0.05) is 12.5 Å². The molecule has 0 saturated heterocycles. The van der Waals surface area contributed by atoms with Crippen LogP contribution in [-0.2, 0) is 0 Å². The first kappa shape index (κ1) is 12.4. The van der Waals surface area contributed by atoms with E-state index >= 15 is 0 Å². The van der Waals surface area contributed by atoms with Crippen molar-refractivity contribution in [2.75, 3.05) is 14.2 Å². The molecule has 2 rings (SSSR count). The molecule has 0 aromatic heterocycles. The summed E-state index contributed by atoms with van der Waals surface area (Å²) >= 11 is 0. The normalized spacial score (nSPS) is 24.6. The Morgan fingerprint density at radius 1 is 1.35 bits per heavy atom. The molecule has 3 heteroatoms. The van der Waals surface area contributed by atoms with Crippen molar-refractivity contribution < 1.29 is 9.13 Å². The number of rotatable bonds is 3. The average Bonchev–Trinajstić information content (AvgIpc) is 2.38. The van der Waals surface area contributed by atoms with Crippen molar-refractivity contribution in [1.82, 2.24) is 5.32 Å². The van der Waals surface area contributed by atoms with Crippen LogP contribution in [0.25, 0.3) is 0 Å². The maximum atomic E-state index is 13.6. The molecule has 1 aromatic carbocycles. The number of nitrogens with one attached hydrogen (secondary N) is 1. The van der Waals surface area contributed by atoms with E-state index in [0.717, 1.165) is 18.4 Å². The van der Waals surface area contributed by atoms with E-state index in [0.29, 0.717) is 17.7 Å². The predicted octanol–water partition coefficient (Wildman–Crippen LogP) is 3.08. The number of ether oxygens (including phenoxy) is 1. The Morgan fingerprint density at radius 3 is 2.82 bits per heavy atom. The predicted molar refractivity (Wildman–Crippen MR) is 67.0 cm³/mol. The first-order chi connectivity index (χ1) is 8.24. The average molecular weight is 237 g/mol. The summed E-state index contributed by atoms with van der Waals surface area (Å²) < 4.78 is 18.6. The number of hydrogen-bond acceptors (Lipinski definition) is 2. The first-order valence-electron chi connectivity index (χ1n) is 6.25. The third-order valence-corrected chi connectivity index (χ3v) is 3.73. The standard InChI is InChI=1S/C14H20FNO/c1-16-12-5-3-4-10(8-12)11-6-7-14(17-2)13(15)9-11/h6-7,9-10,12,16H,3-5,8H2,1-2H3. The Labute approximate surface area is 102 Å². The van der Waals surface area contributed by atoms with E-state index < -0.39 is 0 Å². The Balaban J connectivity index is 2.13. The first-order valence-corrected chi connectivity index (χ1v) is 6.25. The minimum atomic E-state index is -0.253. The minimum Gasteiger partial charge on any atom is -0.494 e. The topological polar surface area (TPSA) is 21.3 Å². The van der Waals surface area contributed by atoms with E-state index in [1.165, 1.54) is 20.0 Å². The Bertz CT molecular complexity index is 380. The van der Waals surface area contributed by atoms with E-state index in [9.17, 15) is 4.39 Å². The van der Waals surface area contributed by atoms with Crippen LogP contribution in [0.5, 0.6) is 5.75 Å². The summed E-state index contributed by atoms with van der Waals surface area (Å²) in [5.74, 6) is 0.549. The molecule has 0 amide bonds. The van der Waals surface area contributed by atoms with Gasteiger partial charge in [0, 0.05) is 6.04 Å². The lowest BCUT2D eigenvalue weighted by Crippen LogP contribution is -2.30. The lowest BCUT2D eigenvalue weighted by atomic mass is 9.81. The number of benzene rings is 1. The zero-order chi connectivity index (χ0) is 12.3. The molecule has 1 aromatic rings. The maximum absolute atomic E-state index is 13.6. The fraction of sp³-hybridized carbons (Fsp3) is 0.571. The second kappa shape index (κ2) is 5.50. The van der Waals surface area contributed by atoms with Gasteiger partial charge in [-0.15, -0.1) is 0 Å². The Hall–Kier alpha value is -1.09. The Morgan fingerprint density at radius 2 is 2.18 bits per heavy atom. The third-order valence-electron chi connectivity index (χ3n) is 3.73. The quantitative estimate of drug-likeness (QED) is 0.872. The molecule has 17 heavy (non-hydrogen) atoms. The molecular weight excluding hydrogens is 217 g/mol. The van der Waals surface area contributed by atoms with Crippen molar-refractivity contribution in [2.24, 2.45) is 0 Å². The SMILES string of the molecule is CNC1CCCC(c2ccc(OC)c(F)c2)C1. The molecule has 2 nitrogen and oxygen atoms in total. The van der Waals surface area contributed by atoms with Crippen molar-refractivity contribution in [2.45, 2.75) is 37.6 Å². The highest BCUT2D eigenvalue weighted by Gasteiger charge is 2.22. The molecule has 1 saturated carbocycles. The fourth-order valence-electron chi connectivity index (χ4n) is 2.69. The van der Waals surface area contributed by atoms with Crippen molar-refractivity contribution in [3.8, 4) is 5.75 Å². The summed E-state index contributed by atoms with van der Waals surface area (Å²) in [4.78, 5) is 0. The van der Waals surface area contributed by atoms with Crippen molar-refractivity contribution >= 4 is 0 Å². The van der Waals surface area contributed by atoms with Gasteiger partial charge in [0.25, 0.3) is 0 Å². The van der Waals surface area contributed by atoms with Crippen LogP contribution in [-0.4, -0.2) is 20.2 Å². The molecule has 0 radical (unpaired) electrons. The van der Waals surface area contributed by atoms with Crippen molar-refractivity contribution in [3.63, 3.8) is 0 Å². The second-order valence-electron chi connectivity index (χ2n) is 4.74. The van der Waals surface area contributed by atoms with E-state index in [2.05, 4.69) is 5.32 Å². The van der Waals surface area contributed by atoms with Gasteiger partial charge in [0.05, 0.1) is 7.11 Å². The van der Waals surface area contributed by atoms with Crippen molar-refractivity contribution in [3.05, 3.63) is 29.6 Å². The largest absolute Gasteiger partial charge is 0.494 e. The highest BCUT2D eigenvalue weighted by Crippen LogP contribution is 2.34. The smallest absolute Gasteiger partial charge is 0.165 e. The molecule has 2 unspecified atom stereocenters. The molecule has 1 N–H and O–H groups in total. The third kappa shape index (κ3) is 2.78. The summed E-state index contributed by atoms with van der Waals surface area (Å²) in [5, 5.41) is 3.32. The van der Waals surface area contributed by atoms with Crippen LogP contribution < -0.4 is 10.1 Å². The van der Waals surface area contributed by atoms with Gasteiger partial charge in [-0.25, -0.2) is 4.39 Å². The Kier molecular flexibility index (Phi) is 4.00. The molecule has 1 fully saturated rings. The van der Waals surface area contributed by atoms with Gasteiger partial charge >= 0.3 is 0 Å². The van der Waals surface area contributed by atoms with Crippen LogP contribution in [0.15, 0.2) is 18.2 Å². The zero-order valence-electron chi connectivity index (χ0n) is 10.5. The number of halogens is 1. The van der Waals surface area contributed by atoms with Gasteiger partial charge in [-0.2, -0.15) is 0 Å². The van der Waals surface area contributed by atoms with Gasteiger partial charge in [-0.05, 0) is 49.9 Å². The number of methoxy groups -OCH3 is 1. The lowest BCUT2D eigenvalue weighted by Gasteiger charge is -2.29. The number of hydrogen-bond donors (Lipinski definition) is 1. The van der Waals surface area contributed by atoms with E-state index in [4.69, 9.17) is 4.74 Å². The summed E-state index contributed by atoms with van der Waals surface area (Å²) in [6, 6.07) is 5.92. The molecule has 1 aliphatic carbocycles. The molecule has 0 spiro atoms. The van der Waals surface area contributed by atoms with Gasteiger partial charge in [0.1, 0.15) is 0 Å². The highest BCUT2D eigenvalue weighted by molar-refractivity contribution is 5.31. The summed E-state index contributed by atoms with van der Waals surface area (Å²) in [5.41, 5.74) is 1.10. The minimum absolute atomic E-state index is 0.253. The highest BCUT2D eigenvalue weighted by atomic mass is 19.1. The van der Waals surface area contributed by atoms with Gasteiger partial charge in [0.2, 0.25) is 0 Å². The summed E-state index contributed by atoms with van der Waals surface area (Å²) in [6.45, 7) is 0. The van der Waals surface area contributed by atoms with Crippen LogP contribution in [0.3, 0.4) is 0 Å². The molecule has 0 heterocycles. The maximum Gasteiger partial charge on any atom is 0.165 e. The molecule has 0 bridgehead atoms. The van der Waals surface area contributed by atoms with Crippen LogP contribution in [0.1, 0.15) is 37.2 Å². The van der Waals surface area contributed by atoms with Crippen LogP contribution >= 0.6 is 0 Å². The summed E-state index contributed by atoms with van der Waals surface area (Å²) in [7, 11) is 3.50. The summed E-state index contributed by atoms with van der Waals surface area (Å²) in [6.07, 6.45) is 4.70. The molecule has 0 aliphatic heterocycles. The molecular formula is C14H20FNO. The molecule has 2 atom stereocenters. The van der Waals surface area contributed by atoms with Gasteiger partial charge in [-0.3, -0.25) is 0 Å². The van der Waals surface area contributed by atoms with Crippen LogP contribution in [0, 0.1) is 5.82 Å². The van der Waals surface area contributed by atoms with Crippen LogP contribution in [0.4, 0.5) is 4.39 Å². The monoisotopic (exact) mass is 237 g/mol. The molecule has 1 aliphatic rings. The van der Waals surface area contributed by atoms with E-state index in [1.807, 2.05) is 13.1 Å². The second-order valence-corrected chi connectivity index (χ2v) is 4.74. The van der Waals surface area contributed by atoms with Crippen molar-refractivity contribution in [1.29, 1.82) is 0 Å².